The van der Waals surface area contributed by atoms with E-state index in [2.05, 4.69) is 6.58 Å². The Morgan fingerprint density at radius 1 is 1.54 bits per heavy atom. The van der Waals surface area contributed by atoms with Gasteiger partial charge in [-0.15, -0.1) is 0 Å². The van der Waals surface area contributed by atoms with Crippen molar-refractivity contribution in [2.45, 2.75) is 12.6 Å². The molecule has 0 radical (unpaired) electrons. The van der Waals surface area contributed by atoms with Gasteiger partial charge in [0.05, 0.1) is 0 Å². The quantitative estimate of drug-likeness (QED) is 0.316. The second kappa shape index (κ2) is 4.01. The highest BCUT2D eigenvalue weighted by atomic mass is 16.4. The molecule has 0 heterocycles. The van der Waals surface area contributed by atoms with Crippen molar-refractivity contribution in [2.75, 3.05) is 6.61 Å². The predicted molar refractivity (Wildman–Crippen MR) is 42.6 cm³/mol. The normalized spacial score (nSPS) is 14.4. The summed E-state index contributed by atoms with van der Waals surface area (Å²) in [5.41, 5.74) is -2.61. The molecule has 0 aromatic rings. The van der Waals surface area contributed by atoms with Crippen molar-refractivity contribution in [3.05, 3.63) is 12.2 Å². The summed E-state index contributed by atoms with van der Waals surface area (Å²) < 4.78 is 0. The highest BCUT2D eigenvalue weighted by Gasteiger charge is 2.37. The molecular formula is C7H11NO5. The summed E-state index contributed by atoms with van der Waals surface area (Å²) in [6.45, 7) is 3.47. The molecule has 0 aliphatic rings. The number of rotatable bonds is 4. The molecular weight excluding hydrogens is 178 g/mol. The second-order valence-electron chi connectivity index (χ2n) is 2.56. The van der Waals surface area contributed by atoms with Gasteiger partial charge in [-0.3, -0.25) is 4.79 Å². The second-order valence-corrected chi connectivity index (χ2v) is 2.56. The maximum atomic E-state index is 10.9. The van der Waals surface area contributed by atoms with Crippen LogP contribution in [0.4, 0.5) is 0 Å². The van der Waals surface area contributed by atoms with Crippen LogP contribution in [0.5, 0.6) is 0 Å². The van der Waals surface area contributed by atoms with Gasteiger partial charge in [0.15, 0.2) is 0 Å². The van der Waals surface area contributed by atoms with Gasteiger partial charge in [0.2, 0.25) is 5.91 Å². The van der Waals surface area contributed by atoms with E-state index in [-0.39, 0.29) is 5.57 Å². The van der Waals surface area contributed by atoms with Crippen molar-refractivity contribution in [3.8, 4) is 0 Å². The van der Waals surface area contributed by atoms with Crippen LogP contribution in [-0.2, 0) is 9.59 Å². The van der Waals surface area contributed by atoms with Gasteiger partial charge in [0.25, 0.3) is 5.72 Å². The van der Waals surface area contributed by atoms with Gasteiger partial charge in [-0.2, -0.15) is 0 Å². The van der Waals surface area contributed by atoms with Gasteiger partial charge >= 0.3 is 5.97 Å². The fraction of sp³-hybridized carbons (Fsp3) is 0.429. The molecule has 13 heavy (non-hydrogen) atoms. The lowest BCUT2D eigenvalue weighted by Crippen LogP contribution is -2.57. The Balaban J connectivity index is 4.55. The molecule has 1 atom stereocenters. The van der Waals surface area contributed by atoms with Gasteiger partial charge in [-0.05, 0) is 6.92 Å². The summed E-state index contributed by atoms with van der Waals surface area (Å²) in [7, 11) is 0. The fourth-order valence-electron chi connectivity index (χ4n) is 0.455. The van der Waals surface area contributed by atoms with Gasteiger partial charge in [-0.1, -0.05) is 6.58 Å². The lowest BCUT2D eigenvalue weighted by atomic mass is 10.2. The van der Waals surface area contributed by atoms with Crippen LogP contribution < -0.4 is 5.32 Å². The number of aliphatic hydroxyl groups is 2. The Kier molecular flexibility index (Phi) is 3.58. The highest BCUT2D eigenvalue weighted by Crippen LogP contribution is 2.00. The molecule has 0 saturated carbocycles. The van der Waals surface area contributed by atoms with Gasteiger partial charge in [0.1, 0.15) is 6.61 Å². The maximum Gasteiger partial charge on any atom is 0.359 e. The van der Waals surface area contributed by atoms with Crippen molar-refractivity contribution >= 4 is 11.9 Å². The van der Waals surface area contributed by atoms with Gasteiger partial charge in [0, 0.05) is 5.57 Å². The molecule has 1 unspecified atom stereocenters. The minimum Gasteiger partial charge on any atom is -0.478 e. The Morgan fingerprint density at radius 3 is 2.23 bits per heavy atom. The number of carboxylic acids is 1. The summed E-state index contributed by atoms with van der Waals surface area (Å²) in [5, 5.41) is 27.7. The average molecular weight is 189 g/mol. The SMILES string of the molecule is C=C(C)C(=O)NC(O)(CO)C(=O)O. The van der Waals surface area contributed by atoms with Crippen molar-refractivity contribution in [1.82, 2.24) is 5.32 Å². The lowest BCUT2D eigenvalue weighted by molar-refractivity contribution is -0.169. The monoisotopic (exact) mass is 189 g/mol. The van der Waals surface area contributed by atoms with E-state index >= 15 is 0 Å². The first kappa shape index (κ1) is 11.6. The van der Waals surface area contributed by atoms with Crippen LogP contribution in [0.25, 0.3) is 0 Å². The molecule has 0 bridgehead atoms. The molecule has 1 amide bonds. The smallest absolute Gasteiger partial charge is 0.359 e. The number of aliphatic hydroxyl groups excluding tert-OH is 1. The first-order valence-electron chi connectivity index (χ1n) is 3.38. The first-order valence-corrected chi connectivity index (χ1v) is 3.38. The highest BCUT2D eigenvalue weighted by molar-refractivity contribution is 5.95. The third-order valence-corrected chi connectivity index (χ3v) is 1.29. The van der Waals surface area contributed by atoms with Crippen LogP contribution in [-0.4, -0.2) is 39.5 Å². The number of hydrogen-bond acceptors (Lipinski definition) is 4. The van der Waals surface area contributed by atoms with Crippen LogP contribution in [0.1, 0.15) is 6.92 Å². The molecule has 6 nitrogen and oxygen atoms in total. The number of amides is 1. The van der Waals surface area contributed by atoms with Gasteiger partial charge < -0.3 is 20.6 Å². The molecule has 0 aromatic heterocycles. The van der Waals surface area contributed by atoms with E-state index in [1.165, 1.54) is 6.92 Å². The first-order chi connectivity index (χ1) is 5.83. The summed E-state index contributed by atoms with van der Waals surface area (Å²) >= 11 is 0. The predicted octanol–water partition coefficient (Wildman–Crippen LogP) is -1.56. The molecule has 0 fully saturated rings. The van der Waals surface area contributed by atoms with E-state index in [0.717, 1.165) is 0 Å². The van der Waals surface area contributed by atoms with Crippen molar-refractivity contribution in [1.29, 1.82) is 0 Å². The van der Waals surface area contributed by atoms with E-state index < -0.39 is 24.2 Å². The van der Waals surface area contributed by atoms with E-state index in [1.54, 1.807) is 5.32 Å². The van der Waals surface area contributed by atoms with Gasteiger partial charge in [-0.25, -0.2) is 4.79 Å². The molecule has 0 aliphatic carbocycles. The third-order valence-electron chi connectivity index (χ3n) is 1.29. The molecule has 0 aliphatic heterocycles. The standard InChI is InChI=1S/C7H11NO5/c1-4(2)5(10)8-7(13,3-9)6(11)12/h9,13H,1,3H2,2H3,(H,8,10)(H,11,12). The Bertz CT molecular complexity index is 249. The van der Waals surface area contributed by atoms with Crippen LogP contribution in [0.2, 0.25) is 0 Å². The van der Waals surface area contributed by atoms with Crippen LogP contribution in [0.15, 0.2) is 12.2 Å². The Hall–Kier alpha value is -1.40. The molecule has 0 spiro atoms. The maximum absolute atomic E-state index is 10.9. The van der Waals surface area contributed by atoms with Crippen molar-refractivity contribution in [3.63, 3.8) is 0 Å². The third kappa shape index (κ3) is 2.85. The number of hydrogen-bond donors (Lipinski definition) is 4. The zero-order valence-electron chi connectivity index (χ0n) is 7.07. The summed E-state index contributed by atoms with van der Waals surface area (Å²) in [6, 6.07) is 0. The number of carboxylic acid groups (broad SMARTS) is 1. The summed E-state index contributed by atoms with van der Waals surface area (Å²) in [5.74, 6) is -2.57. The lowest BCUT2D eigenvalue weighted by Gasteiger charge is -2.21. The molecule has 0 rings (SSSR count). The molecule has 0 saturated heterocycles. The van der Waals surface area contributed by atoms with Crippen LogP contribution in [0.3, 0.4) is 0 Å². The van der Waals surface area contributed by atoms with Crippen molar-refractivity contribution in [2.24, 2.45) is 0 Å². The van der Waals surface area contributed by atoms with Crippen LogP contribution in [0, 0.1) is 0 Å². The fourth-order valence-corrected chi connectivity index (χ4v) is 0.455. The van der Waals surface area contributed by atoms with Crippen LogP contribution >= 0.6 is 0 Å². The van der Waals surface area contributed by atoms with E-state index in [9.17, 15) is 9.59 Å². The summed E-state index contributed by atoms with van der Waals surface area (Å²) in [6.07, 6.45) is 0. The molecule has 6 heteroatoms. The minimum atomic E-state index is -2.64. The zero-order valence-corrected chi connectivity index (χ0v) is 7.07. The van der Waals surface area contributed by atoms with E-state index in [0.29, 0.717) is 0 Å². The zero-order chi connectivity index (χ0) is 10.6. The topological polar surface area (TPSA) is 107 Å². The number of carbonyl (C=O) groups excluding carboxylic acids is 1. The molecule has 0 aromatic carbocycles. The number of carbonyl (C=O) groups is 2. The summed E-state index contributed by atoms with van der Waals surface area (Å²) in [4.78, 5) is 21.2. The molecule has 74 valence electrons. The van der Waals surface area contributed by atoms with E-state index in [1.807, 2.05) is 0 Å². The average Bonchev–Trinajstić information content (AvgIpc) is 2.03. The number of aliphatic carboxylic acids is 1. The van der Waals surface area contributed by atoms with Crippen molar-refractivity contribution < 1.29 is 24.9 Å². The minimum absolute atomic E-state index is 0.0353. The molecule has 4 N–H and O–H groups in total. The largest absolute Gasteiger partial charge is 0.478 e. The number of nitrogens with one attached hydrogen (secondary N) is 1. The Labute approximate surface area is 74.5 Å². The van der Waals surface area contributed by atoms with E-state index in [4.69, 9.17) is 15.3 Å². The Morgan fingerprint density at radius 2 is 2.00 bits per heavy atom.